The van der Waals surface area contributed by atoms with Gasteiger partial charge in [-0.1, -0.05) is 18.2 Å². The highest BCUT2D eigenvalue weighted by molar-refractivity contribution is 9.11. The van der Waals surface area contributed by atoms with Gasteiger partial charge in [-0.15, -0.1) is 0 Å². The van der Waals surface area contributed by atoms with Crippen LogP contribution in [0.4, 0.5) is 0 Å². The van der Waals surface area contributed by atoms with Crippen LogP contribution >= 0.6 is 15.9 Å². The molecule has 15 heavy (non-hydrogen) atoms. The van der Waals surface area contributed by atoms with E-state index in [0.29, 0.717) is 12.5 Å². The minimum atomic E-state index is 0.391. The lowest BCUT2D eigenvalue weighted by atomic mass is 9.95. The van der Waals surface area contributed by atoms with E-state index < -0.39 is 0 Å². The molecule has 0 bridgehead atoms. The molecule has 2 rings (SSSR count). The van der Waals surface area contributed by atoms with Crippen LogP contribution in [-0.2, 0) is 4.74 Å². The summed E-state index contributed by atoms with van der Waals surface area (Å²) in [6.45, 7) is 0.706. The molecule has 1 heterocycles. The molecule has 2 nitrogen and oxygen atoms in total. The van der Waals surface area contributed by atoms with Gasteiger partial charge in [-0.2, -0.15) is 0 Å². The van der Waals surface area contributed by atoms with Gasteiger partial charge in [0.25, 0.3) is 0 Å². The Balaban J connectivity index is 2.22. The maximum absolute atomic E-state index is 5.47. The number of hydrogen-bond donors (Lipinski definition) is 0. The Bertz CT molecular complexity index is 374. The van der Waals surface area contributed by atoms with Crippen molar-refractivity contribution < 1.29 is 9.47 Å². The van der Waals surface area contributed by atoms with Gasteiger partial charge in [-0.3, -0.25) is 0 Å². The Morgan fingerprint density at radius 3 is 2.87 bits per heavy atom. The van der Waals surface area contributed by atoms with E-state index in [9.17, 15) is 0 Å². The predicted molar refractivity (Wildman–Crippen MR) is 63.3 cm³/mol. The Labute approximate surface area is 98.0 Å². The minimum Gasteiger partial charge on any atom is -0.496 e. The highest BCUT2D eigenvalue weighted by Crippen LogP contribution is 2.33. The van der Waals surface area contributed by atoms with Crippen molar-refractivity contribution in [1.29, 1.82) is 0 Å². The molecular weight excluding hydrogens is 256 g/mol. The number of benzene rings is 1. The topological polar surface area (TPSA) is 18.5 Å². The normalized spacial score (nSPS) is 20.4. The van der Waals surface area contributed by atoms with Gasteiger partial charge in [0.2, 0.25) is 0 Å². The van der Waals surface area contributed by atoms with Gasteiger partial charge in [-0.05, 0) is 34.5 Å². The first kappa shape index (κ1) is 10.6. The van der Waals surface area contributed by atoms with Crippen LogP contribution in [0, 0.1) is 0 Å². The Kier molecular flexibility index (Phi) is 3.31. The van der Waals surface area contributed by atoms with E-state index in [-0.39, 0.29) is 0 Å². The molecule has 0 fully saturated rings. The number of allylic oxidation sites excluding steroid dienone is 1. The van der Waals surface area contributed by atoms with Crippen LogP contribution in [0.15, 0.2) is 35.0 Å². The van der Waals surface area contributed by atoms with Crippen LogP contribution in [0.3, 0.4) is 0 Å². The third-order valence-corrected chi connectivity index (χ3v) is 3.12. The second-order valence-corrected chi connectivity index (χ2v) is 4.28. The molecule has 1 aliphatic rings. The fourth-order valence-corrected chi connectivity index (χ4v) is 2.08. The monoisotopic (exact) mass is 268 g/mol. The summed E-state index contributed by atoms with van der Waals surface area (Å²) in [5.74, 6) is 1.33. The largest absolute Gasteiger partial charge is 0.496 e. The molecule has 1 aromatic carbocycles. The molecule has 0 N–H and O–H groups in total. The van der Waals surface area contributed by atoms with E-state index >= 15 is 0 Å². The lowest BCUT2D eigenvalue weighted by molar-refractivity contribution is 0.200. The zero-order chi connectivity index (χ0) is 10.7. The summed E-state index contributed by atoms with van der Waals surface area (Å²) in [6, 6.07) is 8.10. The highest BCUT2D eigenvalue weighted by atomic mass is 79.9. The predicted octanol–water partition coefficient (Wildman–Crippen LogP) is 3.44. The molecule has 0 aliphatic carbocycles. The lowest BCUT2D eigenvalue weighted by Crippen LogP contribution is -2.11. The fraction of sp³-hybridized carbons (Fsp3) is 0.333. The van der Waals surface area contributed by atoms with Gasteiger partial charge in [0.05, 0.1) is 13.7 Å². The molecular formula is C12H13BrO2. The second kappa shape index (κ2) is 4.71. The van der Waals surface area contributed by atoms with Gasteiger partial charge < -0.3 is 9.47 Å². The van der Waals surface area contributed by atoms with Crippen molar-refractivity contribution in [3.8, 4) is 5.75 Å². The SMILES string of the molecule is COc1ccccc1C1CC=C(Br)OC1. The second-order valence-electron chi connectivity index (χ2n) is 3.49. The molecule has 1 aliphatic heterocycles. The van der Waals surface area contributed by atoms with Gasteiger partial charge in [0, 0.05) is 11.5 Å². The standard InChI is InChI=1S/C12H13BrO2/c1-14-11-5-3-2-4-10(11)9-6-7-12(13)15-8-9/h2-5,7,9H,6,8H2,1H3. The average molecular weight is 269 g/mol. The molecule has 1 unspecified atom stereocenters. The zero-order valence-corrected chi connectivity index (χ0v) is 10.2. The van der Waals surface area contributed by atoms with E-state index in [4.69, 9.17) is 9.47 Å². The van der Waals surface area contributed by atoms with E-state index in [2.05, 4.69) is 28.1 Å². The molecule has 0 spiro atoms. The molecule has 0 radical (unpaired) electrons. The van der Waals surface area contributed by atoms with Gasteiger partial charge in [0.15, 0.2) is 4.67 Å². The highest BCUT2D eigenvalue weighted by Gasteiger charge is 2.19. The molecule has 0 aromatic heterocycles. The van der Waals surface area contributed by atoms with Crippen molar-refractivity contribution in [2.24, 2.45) is 0 Å². The van der Waals surface area contributed by atoms with Crippen LogP contribution in [0.1, 0.15) is 17.9 Å². The number of halogens is 1. The summed E-state index contributed by atoms with van der Waals surface area (Å²) in [6.07, 6.45) is 3.04. The maximum atomic E-state index is 5.47. The summed E-state index contributed by atoms with van der Waals surface area (Å²) in [5, 5.41) is 0. The number of para-hydroxylation sites is 1. The van der Waals surface area contributed by atoms with Crippen LogP contribution in [-0.4, -0.2) is 13.7 Å². The van der Waals surface area contributed by atoms with Gasteiger partial charge >= 0.3 is 0 Å². The van der Waals surface area contributed by atoms with Crippen molar-refractivity contribution in [2.75, 3.05) is 13.7 Å². The van der Waals surface area contributed by atoms with Crippen LogP contribution in [0.5, 0.6) is 5.75 Å². The molecule has 3 heteroatoms. The first-order valence-corrected chi connectivity index (χ1v) is 5.72. The number of methoxy groups -OCH3 is 1. The van der Waals surface area contributed by atoms with E-state index in [0.717, 1.165) is 16.8 Å². The summed E-state index contributed by atoms with van der Waals surface area (Å²) >= 11 is 3.33. The zero-order valence-electron chi connectivity index (χ0n) is 8.57. The van der Waals surface area contributed by atoms with Crippen LogP contribution < -0.4 is 4.74 Å². The first-order valence-electron chi connectivity index (χ1n) is 4.92. The minimum absolute atomic E-state index is 0.391. The van der Waals surface area contributed by atoms with Crippen LogP contribution in [0.2, 0.25) is 0 Å². The Morgan fingerprint density at radius 2 is 2.20 bits per heavy atom. The molecule has 0 amide bonds. The number of ether oxygens (including phenoxy) is 2. The summed E-state index contributed by atoms with van der Waals surface area (Å²) in [7, 11) is 1.70. The smallest absolute Gasteiger partial charge is 0.158 e. The quantitative estimate of drug-likeness (QED) is 0.818. The number of hydrogen-bond acceptors (Lipinski definition) is 2. The molecule has 1 aromatic rings. The van der Waals surface area contributed by atoms with Crippen molar-refractivity contribution in [3.05, 3.63) is 40.6 Å². The lowest BCUT2D eigenvalue weighted by Gasteiger charge is -2.22. The Morgan fingerprint density at radius 1 is 1.40 bits per heavy atom. The fourth-order valence-electron chi connectivity index (χ4n) is 1.76. The summed E-state index contributed by atoms with van der Waals surface area (Å²) in [4.78, 5) is 0. The van der Waals surface area contributed by atoms with E-state index in [1.807, 2.05) is 18.2 Å². The van der Waals surface area contributed by atoms with Gasteiger partial charge in [-0.25, -0.2) is 0 Å². The molecule has 0 saturated heterocycles. The first-order chi connectivity index (χ1) is 7.31. The van der Waals surface area contributed by atoms with Crippen molar-refractivity contribution >= 4 is 15.9 Å². The molecule has 80 valence electrons. The van der Waals surface area contributed by atoms with Crippen LogP contribution in [0.25, 0.3) is 0 Å². The maximum Gasteiger partial charge on any atom is 0.158 e. The molecule has 1 atom stereocenters. The summed E-state index contributed by atoms with van der Waals surface area (Å²) in [5.41, 5.74) is 1.22. The third kappa shape index (κ3) is 2.34. The van der Waals surface area contributed by atoms with Crippen molar-refractivity contribution in [3.63, 3.8) is 0 Å². The Hall–Kier alpha value is -0.960. The van der Waals surface area contributed by atoms with E-state index in [1.54, 1.807) is 7.11 Å². The molecule has 0 saturated carbocycles. The number of rotatable bonds is 2. The van der Waals surface area contributed by atoms with Crippen molar-refractivity contribution in [2.45, 2.75) is 12.3 Å². The third-order valence-electron chi connectivity index (χ3n) is 2.56. The summed E-state index contributed by atoms with van der Waals surface area (Å²) < 4.78 is 11.6. The van der Waals surface area contributed by atoms with E-state index in [1.165, 1.54) is 5.56 Å². The van der Waals surface area contributed by atoms with Crippen molar-refractivity contribution in [1.82, 2.24) is 0 Å². The average Bonchev–Trinajstić information content (AvgIpc) is 2.30. The van der Waals surface area contributed by atoms with Gasteiger partial charge in [0.1, 0.15) is 5.75 Å².